The molecule has 0 aromatic carbocycles. The molecule has 3 heteroatoms. The average Bonchev–Trinajstić information content (AvgIpc) is 2.60. The molecule has 7 rings (SSSR count). The van der Waals surface area contributed by atoms with E-state index < -0.39 is 0 Å². The monoisotopic (exact) mass is 228 g/mol. The largest absolute Gasteiger partial charge is 0.337 e. The number of hydrogen-bond donors (Lipinski definition) is 0. The lowest BCUT2D eigenvalue weighted by molar-refractivity contribution is 0.0237. The van der Waals surface area contributed by atoms with Crippen molar-refractivity contribution in [2.45, 2.75) is 16.5 Å². The van der Waals surface area contributed by atoms with Crippen LogP contribution in [-0.4, -0.2) is 10.1 Å². The van der Waals surface area contributed by atoms with Crippen LogP contribution in [-0.2, 0) is 4.74 Å². The number of hydrogen-bond acceptors (Lipinski definition) is 1. The zero-order chi connectivity index (χ0) is 9.03. The van der Waals surface area contributed by atoms with Gasteiger partial charge in [0.1, 0.15) is 0 Å². The Morgan fingerprint density at radius 3 is 1.86 bits per heavy atom. The summed E-state index contributed by atoms with van der Waals surface area (Å²) in [6, 6.07) is 0. The fourth-order valence-electron chi connectivity index (χ4n) is 6.89. The van der Waals surface area contributed by atoms with Crippen molar-refractivity contribution in [2.24, 2.45) is 47.3 Å². The predicted octanol–water partition coefficient (Wildman–Crippen LogP) is 2.27. The maximum absolute atomic E-state index is 6.71. The van der Waals surface area contributed by atoms with Crippen LogP contribution < -0.4 is 0 Å². The lowest BCUT2D eigenvalue weighted by atomic mass is 9.60. The minimum Gasteiger partial charge on any atom is -0.337 e. The van der Waals surface area contributed by atoms with Gasteiger partial charge in [-0.15, -0.1) is 0 Å². The van der Waals surface area contributed by atoms with E-state index >= 15 is 0 Å². The van der Waals surface area contributed by atoms with E-state index in [1.807, 2.05) is 0 Å². The molecule has 5 aliphatic carbocycles. The van der Waals surface area contributed by atoms with E-state index in [1.54, 1.807) is 0 Å². The molecule has 0 unspecified atom stereocenters. The number of rotatable bonds is 0. The Balaban J connectivity index is 1.83. The second-order valence-corrected chi connectivity index (χ2v) is 7.50. The molecule has 7 aliphatic rings. The Morgan fingerprint density at radius 2 is 1.36 bits per heavy atom. The van der Waals surface area contributed by atoms with Crippen LogP contribution in [0.1, 0.15) is 6.42 Å². The molecule has 0 N–H and O–H groups in total. The van der Waals surface area contributed by atoms with Gasteiger partial charge in [0.2, 0.25) is 0 Å². The quantitative estimate of drug-likeness (QED) is 0.579. The highest BCUT2D eigenvalue weighted by atomic mass is 35.5. The minimum atomic E-state index is -0.311. The Morgan fingerprint density at radius 1 is 0.857 bits per heavy atom. The van der Waals surface area contributed by atoms with Gasteiger partial charge in [-0.2, -0.15) is 0 Å². The van der Waals surface area contributed by atoms with Crippen LogP contribution >= 0.6 is 23.2 Å². The molecular weight excluding hydrogens is 219 g/mol. The molecule has 2 heterocycles. The summed E-state index contributed by atoms with van der Waals surface area (Å²) in [5.41, 5.74) is 0. The number of halogens is 2. The Labute approximate surface area is 92.1 Å². The molecule has 0 spiro atoms. The summed E-state index contributed by atoms with van der Waals surface area (Å²) in [6.07, 6.45) is 1.42. The lowest BCUT2D eigenvalue weighted by Gasteiger charge is -2.45. The first-order valence-electron chi connectivity index (χ1n) is 5.76. The van der Waals surface area contributed by atoms with Gasteiger partial charge >= 0.3 is 0 Å². The summed E-state index contributed by atoms with van der Waals surface area (Å²) in [5.74, 6) is 6.09. The van der Waals surface area contributed by atoms with Crippen LogP contribution in [0.3, 0.4) is 0 Å². The van der Waals surface area contributed by atoms with Gasteiger partial charge in [0, 0.05) is 23.7 Å². The van der Waals surface area contributed by atoms with Crippen LogP contribution in [0.15, 0.2) is 0 Å². The summed E-state index contributed by atoms with van der Waals surface area (Å²) in [4.78, 5) is 0. The minimum absolute atomic E-state index is 0.311. The van der Waals surface area contributed by atoms with Gasteiger partial charge in [0.05, 0.1) is 0 Å². The first-order chi connectivity index (χ1) is 6.68. The van der Waals surface area contributed by atoms with Crippen molar-refractivity contribution in [3.05, 3.63) is 0 Å². The van der Waals surface area contributed by atoms with E-state index in [4.69, 9.17) is 27.9 Å². The molecule has 0 aromatic heterocycles. The van der Waals surface area contributed by atoms with E-state index in [0.29, 0.717) is 23.7 Å². The molecule has 2 saturated heterocycles. The van der Waals surface area contributed by atoms with E-state index in [-0.39, 0.29) is 10.1 Å². The highest BCUT2D eigenvalue weighted by Gasteiger charge is 2.97. The molecule has 0 amide bonds. The fourth-order valence-corrected chi connectivity index (χ4v) is 8.35. The van der Waals surface area contributed by atoms with Crippen LogP contribution in [0.5, 0.6) is 0 Å². The zero-order valence-electron chi connectivity index (χ0n) is 7.49. The molecule has 10 atom stereocenters. The van der Waals surface area contributed by atoms with E-state index in [1.165, 1.54) is 6.42 Å². The van der Waals surface area contributed by atoms with Gasteiger partial charge in [-0.3, -0.25) is 0 Å². The molecule has 0 aromatic rings. The summed E-state index contributed by atoms with van der Waals surface area (Å²) in [6.45, 7) is 0. The van der Waals surface area contributed by atoms with Gasteiger partial charge in [0.15, 0.2) is 10.1 Å². The Hall–Kier alpha value is 0.540. The van der Waals surface area contributed by atoms with Crippen LogP contribution in [0.2, 0.25) is 0 Å². The second-order valence-electron chi connectivity index (χ2n) is 6.32. The molecular formula is C11H10Cl2O. The van der Waals surface area contributed by atoms with Crippen molar-refractivity contribution in [1.82, 2.24) is 0 Å². The molecule has 7 fully saturated rings. The number of alkyl halides is 2. The van der Waals surface area contributed by atoms with Crippen molar-refractivity contribution in [3.63, 3.8) is 0 Å². The third-order valence-corrected chi connectivity index (χ3v) is 7.80. The summed E-state index contributed by atoms with van der Waals surface area (Å²) in [5, 5.41) is -0.623. The van der Waals surface area contributed by atoms with E-state index in [2.05, 4.69) is 0 Å². The van der Waals surface area contributed by atoms with Crippen molar-refractivity contribution in [1.29, 1.82) is 0 Å². The zero-order valence-corrected chi connectivity index (χ0v) is 9.00. The highest BCUT2D eigenvalue weighted by Crippen LogP contribution is 2.94. The second kappa shape index (κ2) is 1.43. The third-order valence-electron chi connectivity index (χ3n) is 6.63. The maximum Gasteiger partial charge on any atom is 0.151 e. The first kappa shape index (κ1) is 6.98. The van der Waals surface area contributed by atoms with E-state index in [9.17, 15) is 0 Å². The van der Waals surface area contributed by atoms with Gasteiger partial charge in [0.25, 0.3) is 0 Å². The van der Waals surface area contributed by atoms with Crippen molar-refractivity contribution in [3.8, 4) is 0 Å². The average molecular weight is 229 g/mol. The summed E-state index contributed by atoms with van der Waals surface area (Å²) in [7, 11) is 0. The Kier molecular flexibility index (Phi) is 0.715. The fraction of sp³-hybridized carbons (Fsp3) is 1.00. The van der Waals surface area contributed by atoms with Crippen LogP contribution in [0, 0.1) is 47.3 Å². The molecule has 74 valence electrons. The smallest absolute Gasteiger partial charge is 0.151 e. The van der Waals surface area contributed by atoms with Gasteiger partial charge < -0.3 is 4.74 Å². The molecule has 0 radical (unpaired) electrons. The van der Waals surface area contributed by atoms with Crippen LogP contribution in [0.4, 0.5) is 0 Å². The number of ether oxygens (including phenoxy) is 1. The van der Waals surface area contributed by atoms with Gasteiger partial charge in [-0.05, 0) is 30.1 Å². The molecule has 4 bridgehead atoms. The van der Waals surface area contributed by atoms with E-state index in [0.717, 1.165) is 23.7 Å². The molecule has 14 heavy (non-hydrogen) atoms. The lowest BCUT2D eigenvalue weighted by Crippen LogP contribution is -2.48. The topological polar surface area (TPSA) is 9.23 Å². The van der Waals surface area contributed by atoms with Gasteiger partial charge in [-0.25, -0.2) is 0 Å². The highest BCUT2D eigenvalue weighted by molar-refractivity contribution is 6.29. The standard InChI is InChI=1S/C11H10Cl2O/c12-10-6-2-1-3-5-4(2)8(10)9(5)11(13,14-10)7(3)6/h2-9H,1H2/t2-,3-,4+,5+,6+,7+,8+,9+,10-,11-/m0/s1. The molecule has 1 nitrogen and oxygen atoms in total. The summed E-state index contributed by atoms with van der Waals surface area (Å²) >= 11 is 13.4. The van der Waals surface area contributed by atoms with Gasteiger partial charge in [-0.1, -0.05) is 23.2 Å². The summed E-state index contributed by atoms with van der Waals surface area (Å²) < 4.78 is 6.07. The molecule has 2 aliphatic heterocycles. The van der Waals surface area contributed by atoms with Crippen molar-refractivity contribution < 1.29 is 4.74 Å². The van der Waals surface area contributed by atoms with Crippen molar-refractivity contribution in [2.75, 3.05) is 0 Å². The normalized spacial score (nSPS) is 93.0. The first-order valence-corrected chi connectivity index (χ1v) is 6.51. The van der Waals surface area contributed by atoms with Crippen LogP contribution in [0.25, 0.3) is 0 Å². The van der Waals surface area contributed by atoms with Crippen molar-refractivity contribution >= 4 is 23.2 Å². The molecule has 5 saturated carbocycles. The third kappa shape index (κ3) is 0.336. The SMILES string of the molecule is Cl[C@@]12O[C@@]3(Cl)[C@@H]4[C@H]5C[C@@H]([C@@H]6[C@@H]5[C@@H]3[C@@H]61)[C@H]42. The predicted molar refractivity (Wildman–Crippen MR) is 50.8 cm³/mol. The Bertz CT molecular complexity index is 372. The maximum atomic E-state index is 6.71.